The quantitative estimate of drug-likeness (QED) is 0.610. The summed E-state index contributed by atoms with van der Waals surface area (Å²) < 4.78 is 21.3. The Hall–Kier alpha value is 0.150. The lowest BCUT2D eigenvalue weighted by Gasteiger charge is -2.13. The van der Waals surface area contributed by atoms with Crippen LogP contribution in [0.1, 0.15) is 20.8 Å². The van der Waals surface area contributed by atoms with Gasteiger partial charge in [-0.15, -0.1) is 0 Å². The molecule has 1 unspecified atom stereocenters. The molecule has 0 aliphatic carbocycles. The van der Waals surface area contributed by atoms with E-state index in [-0.39, 0.29) is 0 Å². The molecule has 0 N–H and O–H groups in total. The third-order valence-corrected chi connectivity index (χ3v) is 2.35. The van der Waals surface area contributed by atoms with Crippen LogP contribution in [0.5, 0.6) is 0 Å². The van der Waals surface area contributed by atoms with E-state index in [1.807, 2.05) is 13.8 Å². The van der Waals surface area contributed by atoms with Crippen LogP contribution in [0.25, 0.3) is 0 Å². The Labute approximate surface area is 68.6 Å². The predicted molar refractivity (Wildman–Crippen MR) is 45.9 cm³/mol. The highest BCUT2D eigenvalue weighted by Gasteiger charge is 2.15. The fourth-order valence-electron chi connectivity index (χ4n) is 0.556. The van der Waals surface area contributed by atoms with E-state index >= 15 is 0 Å². The molecule has 0 aromatic heterocycles. The molecule has 0 bridgehead atoms. The van der Waals surface area contributed by atoms with Gasteiger partial charge in [0.1, 0.15) is 0 Å². The Bertz CT molecular complexity index is 145. The van der Waals surface area contributed by atoms with E-state index in [1.54, 1.807) is 6.92 Å². The molecule has 0 spiro atoms. The molecule has 0 heterocycles. The Morgan fingerprint density at radius 1 is 1.36 bits per heavy atom. The first kappa shape index (κ1) is 11.2. The van der Waals surface area contributed by atoms with Crippen molar-refractivity contribution < 1.29 is 13.6 Å². The van der Waals surface area contributed by atoms with Crippen molar-refractivity contribution in [1.82, 2.24) is 0 Å². The molecule has 0 amide bonds. The Morgan fingerprint density at radius 2 is 1.91 bits per heavy atom. The van der Waals surface area contributed by atoms with Crippen molar-refractivity contribution in [2.24, 2.45) is 5.92 Å². The molecule has 0 fully saturated rings. The van der Waals surface area contributed by atoms with E-state index in [1.165, 1.54) is 6.66 Å². The summed E-state index contributed by atoms with van der Waals surface area (Å²) in [7, 11) is -2.75. The summed E-state index contributed by atoms with van der Waals surface area (Å²) in [5.74, 6) is 0.392. The zero-order valence-corrected chi connectivity index (χ0v) is 8.56. The van der Waals surface area contributed by atoms with Crippen molar-refractivity contribution in [3.8, 4) is 0 Å². The first-order chi connectivity index (χ1) is 4.98. The van der Waals surface area contributed by atoms with Gasteiger partial charge < -0.3 is 9.05 Å². The first-order valence-electron chi connectivity index (χ1n) is 3.84. The van der Waals surface area contributed by atoms with E-state index in [9.17, 15) is 4.57 Å². The molecule has 0 aromatic rings. The van der Waals surface area contributed by atoms with E-state index in [4.69, 9.17) is 9.05 Å². The highest BCUT2D eigenvalue weighted by molar-refractivity contribution is 7.52. The molecular formula is C7H17O3P. The van der Waals surface area contributed by atoms with Gasteiger partial charge in [-0.3, -0.25) is 4.57 Å². The molecule has 68 valence electrons. The van der Waals surface area contributed by atoms with E-state index in [2.05, 4.69) is 0 Å². The van der Waals surface area contributed by atoms with Gasteiger partial charge in [-0.25, -0.2) is 0 Å². The fraction of sp³-hybridized carbons (Fsp3) is 1.00. The summed E-state index contributed by atoms with van der Waals surface area (Å²) in [4.78, 5) is 0. The van der Waals surface area contributed by atoms with Crippen molar-refractivity contribution in [1.29, 1.82) is 0 Å². The van der Waals surface area contributed by atoms with Crippen LogP contribution < -0.4 is 0 Å². The highest BCUT2D eigenvalue weighted by atomic mass is 31.2. The third-order valence-electron chi connectivity index (χ3n) is 1.01. The van der Waals surface area contributed by atoms with Crippen molar-refractivity contribution in [2.45, 2.75) is 20.8 Å². The minimum absolute atomic E-state index is 0.392. The van der Waals surface area contributed by atoms with Gasteiger partial charge in [-0.2, -0.15) is 0 Å². The normalized spacial score (nSPS) is 16.8. The molecule has 0 saturated carbocycles. The molecule has 0 aliphatic rings. The van der Waals surface area contributed by atoms with Crippen molar-refractivity contribution >= 4 is 7.60 Å². The van der Waals surface area contributed by atoms with Gasteiger partial charge in [-0.05, 0) is 12.8 Å². The largest absolute Gasteiger partial charge is 0.327 e. The SMILES string of the molecule is CCOP(C)(=O)OCC(C)C. The summed E-state index contributed by atoms with van der Waals surface area (Å²) in [6.07, 6.45) is 0. The molecule has 11 heavy (non-hydrogen) atoms. The van der Waals surface area contributed by atoms with Crippen LogP contribution in [-0.2, 0) is 13.6 Å². The van der Waals surface area contributed by atoms with Crippen LogP contribution in [-0.4, -0.2) is 19.9 Å². The monoisotopic (exact) mass is 180 g/mol. The van der Waals surface area contributed by atoms with Crippen LogP contribution in [0.3, 0.4) is 0 Å². The predicted octanol–water partition coefficient (Wildman–Crippen LogP) is 2.52. The van der Waals surface area contributed by atoms with E-state index in [0.717, 1.165) is 0 Å². The van der Waals surface area contributed by atoms with Gasteiger partial charge in [0.05, 0.1) is 13.2 Å². The zero-order chi connectivity index (χ0) is 8.91. The second-order valence-corrected chi connectivity index (χ2v) is 4.94. The fourth-order valence-corrected chi connectivity index (χ4v) is 1.67. The Morgan fingerprint density at radius 3 is 2.27 bits per heavy atom. The van der Waals surface area contributed by atoms with Crippen LogP contribution >= 0.6 is 7.60 Å². The molecule has 0 radical (unpaired) electrons. The molecule has 1 atom stereocenters. The van der Waals surface area contributed by atoms with Crippen LogP contribution in [0, 0.1) is 5.92 Å². The minimum atomic E-state index is -2.75. The van der Waals surface area contributed by atoms with Crippen molar-refractivity contribution in [3.05, 3.63) is 0 Å². The number of rotatable bonds is 5. The first-order valence-corrected chi connectivity index (χ1v) is 5.83. The molecule has 0 aromatic carbocycles. The molecule has 0 aliphatic heterocycles. The van der Waals surface area contributed by atoms with E-state index in [0.29, 0.717) is 19.1 Å². The third kappa shape index (κ3) is 6.54. The average Bonchev–Trinajstić information content (AvgIpc) is 1.84. The smallest absolute Gasteiger partial charge is 0.309 e. The maximum Gasteiger partial charge on any atom is 0.327 e. The molecular weight excluding hydrogens is 163 g/mol. The zero-order valence-electron chi connectivity index (χ0n) is 7.66. The summed E-state index contributed by atoms with van der Waals surface area (Å²) >= 11 is 0. The lowest BCUT2D eigenvalue weighted by atomic mass is 10.2. The topological polar surface area (TPSA) is 35.5 Å². The Kier molecular flexibility index (Phi) is 4.98. The van der Waals surface area contributed by atoms with Crippen molar-refractivity contribution in [3.63, 3.8) is 0 Å². The van der Waals surface area contributed by atoms with Gasteiger partial charge >= 0.3 is 7.60 Å². The Balaban J connectivity index is 3.64. The van der Waals surface area contributed by atoms with Crippen LogP contribution in [0.2, 0.25) is 0 Å². The summed E-state index contributed by atoms with van der Waals surface area (Å²) in [5.41, 5.74) is 0. The molecule has 0 saturated heterocycles. The maximum atomic E-state index is 11.3. The highest BCUT2D eigenvalue weighted by Crippen LogP contribution is 2.43. The standard InChI is InChI=1S/C7H17O3P/c1-5-9-11(4,8)10-6-7(2)3/h7H,5-6H2,1-4H3. The number of hydrogen-bond donors (Lipinski definition) is 0. The van der Waals surface area contributed by atoms with Crippen LogP contribution in [0.15, 0.2) is 0 Å². The summed E-state index contributed by atoms with van der Waals surface area (Å²) in [5, 5.41) is 0. The second kappa shape index (κ2) is 4.91. The average molecular weight is 180 g/mol. The number of hydrogen-bond acceptors (Lipinski definition) is 3. The summed E-state index contributed by atoms with van der Waals surface area (Å²) in [6.45, 7) is 8.24. The van der Waals surface area contributed by atoms with Gasteiger partial charge in [0.2, 0.25) is 0 Å². The lowest BCUT2D eigenvalue weighted by Crippen LogP contribution is -2.01. The van der Waals surface area contributed by atoms with Gasteiger partial charge in [0.25, 0.3) is 0 Å². The maximum absolute atomic E-state index is 11.3. The van der Waals surface area contributed by atoms with Crippen LogP contribution in [0.4, 0.5) is 0 Å². The van der Waals surface area contributed by atoms with Gasteiger partial charge in [-0.1, -0.05) is 13.8 Å². The van der Waals surface area contributed by atoms with Gasteiger partial charge in [0.15, 0.2) is 0 Å². The molecule has 3 nitrogen and oxygen atoms in total. The molecule has 4 heteroatoms. The second-order valence-electron chi connectivity index (χ2n) is 2.88. The molecule has 0 rings (SSSR count). The summed E-state index contributed by atoms with van der Waals surface area (Å²) in [6, 6.07) is 0. The van der Waals surface area contributed by atoms with Crippen molar-refractivity contribution in [2.75, 3.05) is 19.9 Å². The lowest BCUT2D eigenvalue weighted by molar-refractivity contribution is 0.197. The minimum Gasteiger partial charge on any atom is -0.309 e. The van der Waals surface area contributed by atoms with Gasteiger partial charge in [0, 0.05) is 6.66 Å². The van der Waals surface area contributed by atoms with E-state index < -0.39 is 7.60 Å².